The van der Waals surface area contributed by atoms with Gasteiger partial charge < -0.3 is 9.84 Å². The fourth-order valence-electron chi connectivity index (χ4n) is 3.60. The molecule has 1 N–H and O–H groups in total. The van der Waals surface area contributed by atoms with Crippen molar-refractivity contribution in [3.63, 3.8) is 0 Å². The molecule has 0 spiro atoms. The first-order valence-corrected chi connectivity index (χ1v) is 12.6. The molecule has 0 atom stereocenters. The summed E-state index contributed by atoms with van der Waals surface area (Å²) in [6.07, 6.45) is -4.44. The lowest BCUT2D eigenvalue weighted by atomic mass is 10.2. The molecule has 0 aliphatic heterocycles. The van der Waals surface area contributed by atoms with E-state index in [1.165, 1.54) is 0 Å². The Morgan fingerprint density at radius 1 is 0.800 bits per heavy atom. The number of hydrogen-bond acceptors (Lipinski definition) is 6. The molecule has 2 aromatic heterocycles. The van der Waals surface area contributed by atoms with E-state index in [1.807, 2.05) is 0 Å². The van der Waals surface area contributed by atoms with Crippen molar-refractivity contribution in [2.75, 3.05) is 6.61 Å². The topological polar surface area (TPSA) is 99.2 Å². The molecule has 4 rings (SSSR count). The van der Waals surface area contributed by atoms with Gasteiger partial charge in [0, 0.05) is 24.3 Å². The number of hydrogen-bond donors (Lipinski definition) is 1. The number of aromatic nitrogens is 4. The number of benzene rings is 2. The molecular weight excluding hydrogens is 667 g/mol. The van der Waals surface area contributed by atoms with Crippen molar-refractivity contribution in [1.82, 2.24) is 19.6 Å². The molecule has 2 heterocycles. The van der Waals surface area contributed by atoms with Crippen LogP contribution in [0, 0.1) is 37.8 Å². The Hall–Kier alpha value is -4.62. The van der Waals surface area contributed by atoms with Crippen molar-refractivity contribution in [1.29, 1.82) is 0 Å². The summed E-state index contributed by atoms with van der Waals surface area (Å²) < 4.78 is 110. The van der Waals surface area contributed by atoms with Crippen LogP contribution in [0.3, 0.4) is 0 Å². The van der Waals surface area contributed by atoms with Crippen LogP contribution in [0.4, 0.5) is 35.1 Å². The number of phenolic OH excluding ortho intramolecular Hbond substituents is 1. The van der Waals surface area contributed by atoms with E-state index in [4.69, 9.17) is 34.4 Å². The normalized spacial score (nSPS) is 11.4. The summed E-state index contributed by atoms with van der Waals surface area (Å²) in [5.74, 6) is -0.345. The third kappa shape index (κ3) is 7.91. The standard InChI is InChI=1S/C15H9ClF4N2O2.C12H7ClF4N2O2/c1-3-4-24-13-7-12(11(17)6-10(13)16)22-14(23)5-9(8(2)21-22)15(18,19)20;1-5-6(12(15,16)17)2-11(21)19(18-5)9-4-10(20)7(13)3-8(9)14/h1,5-7H,4H2,2H3;2-4,20H,1H3. The van der Waals surface area contributed by atoms with Gasteiger partial charge in [-0.3, -0.25) is 9.59 Å². The van der Waals surface area contributed by atoms with E-state index in [1.54, 1.807) is 0 Å². The second-order valence-corrected chi connectivity index (χ2v) is 9.58. The third-order valence-electron chi connectivity index (χ3n) is 5.63. The first-order chi connectivity index (χ1) is 20.8. The lowest BCUT2D eigenvalue weighted by Crippen LogP contribution is -2.26. The number of halogens is 10. The summed E-state index contributed by atoms with van der Waals surface area (Å²) in [6.45, 7) is 1.92. The maximum Gasteiger partial charge on any atom is 0.418 e. The number of alkyl halides is 6. The zero-order valence-electron chi connectivity index (χ0n) is 22.5. The Balaban J connectivity index is 0.000000248. The van der Waals surface area contributed by atoms with Crippen LogP contribution in [-0.2, 0) is 12.4 Å². The fourth-order valence-corrected chi connectivity index (χ4v) is 3.96. The first kappa shape index (κ1) is 34.9. The minimum Gasteiger partial charge on any atom is -0.506 e. The molecule has 18 heteroatoms. The van der Waals surface area contributed by atoms with E-state index in [0.717, 1.165) is 38.1 Å². The van der Waals surface area contributed by atoms with Crippen LogP contribution in [0.5, 0.6) is 11.5 Å². The third-order valence-corrected chi connectivity index (χ3v) is 6.23. The zero-order valence-corrected chi connectivity index (χ0v) is 24.0. The number of nitrogens with zero attached hydrogens (tertiary/aromatic N) is 4. The molecule has 238 valence electrons. The van der Waals surface area contributed by atoms with E-state index in [9.17, 15) is 49.8 Å². The number of aryl methyl sites for hydroxylation is 2. The van der Waals surface area contributed by atoms with Gasteiger partial charge in [-0.2, -0.15) is 45.9 Å². The van der Waals surface area contributed by atoms with E-state index in [0.29, 0.717) is 21.5 Å². The van der Waals surface area contributed by atoms with Crippen LogP contribution < -0.4 is 15.9 Å². The molecule has 0 fully saturated rings. The fraction of sp³-hybridized carbons (Fsp3) is 0.185. The highest BCUT2D eigenvalue weighted by atomic mass is 35.5. The molecule has 0 radical (unpaired) electrons. The molecule has 0 unspecified atom stereocenters. The summed E-state index contributed by atoms with van der Waals surface area (Å²) >= 11 is 11.3. The monoisotopic (exact) mass is 682 g/mol. The van der Waals surface area contributed by atoms with Gasteiger partial charge in [-0.05, 0) is 26.0 Å². The highest BCUT2D eigenvalue weighted by Crippen LogP contribution is 2.33. The minimum atomic E-state index is -4.74. The van der Waals surface area contributed by atoms with Gasteiger partial charge in [-0.15, -0.1) is 6.42 Å². The summed E-state index contributed by atoms with van der Waals surface area (Å²) in [6, 6.07) is 4.08. The van der Waals surface area contributed by atoms with Gasteiger partial charge in [0.15, 0.2) is 11.6 Å². The van der Waals surface area contributed by atoms with Crippen LogP contribution in [-0.4, -0.2) is 31.3 Å². The molecule has 8 nitrogen and oxygen atoms in total. The highest BCUT2D eigenvalue weighted by molar-refractivity contribution is 6.32. The Bertz CT molecular complexity index is 1930. The largest absolute Gasteiger partial charge is 0.506 e. The molecule has 45 heavy (non-hydrogen) atoms. The smallest absolute Gasteiger partial charge is 0.418 e. The van der Waals surface area contributed by atoms with Gasteiger partial charge >= 0.3 is 12.4 Å². The van der Waals surface area contributed by atoms with Crippen molar-refractivity contribution in [3.8, 4) is 35.2 Å². The second kappa shape index (κ2) is 13.2. The molecule has 0 saturated carbocycles. The van der Waals surface area contributed by atoms with Gasteiger partial charge in [0.1, 0.15) is 29.5 Å². The molecular formula is C27H16Cl2F8N4O4. The average Bonchev–Trinajstić information content (AvgIpc) is 2.92. The van der Waals surface area contributed by atoms with Crippen LogP contribution >= 0.6 is 23.2 Å². The Kier molecular flexibility index (Phi) is 10.2. The lowest BCUT2D eigenvalue weighted by molar-refractivity contribution is -0.139. The quantitative estimate of drug-likeness (QED) is 0.197. The molecule has 0 amide bonds. The number of rotatable bonds is 4. The SMILES string of the molecule is C#CCOc1cc(-n2nc(C)c(C(F)(F)F)cc2=O)c(F)cc1Cl.Cc1nn(-c2cc(O)c(Cl)cc2F)c(=O)cc1C(F)(F)F. The Morgan fingerprint density at radius 2 is 1.22 bits per heavy atom. The van der Waals surface area contributed by atoms with E-state index >= 15 is 0 Å². The van der Waals surface area contributed by atoms with E-state index < -0.39 is 74.7 Å². The average molecular weight is 683 g/mol. The van der Waals surface area contributed by atoms with Crippen molar-refractivity contribution in [2.24, 2.45) is 0 Å². The van der Waals surface area contributed by atoms with Gasteiger partial charge in [-0.1, -0.05) is 29.1 Å². The molecule has 0 saturated heterocycles. The van der Waals surface area contributed by atoms with Crippen LogP contribution in [0.1, 0.15) is 22.5 Å². The zero-order chi connectivity index (χ0) is 34.0. The Labute approximate surface area is 257 Å². The van der Waals surface area contributed by atoms with Gasteiger partial charge in [-0.25, -0.2) is 8.78 Å². The summed E-state index contributed by atoms with van der Waals surface area (Å²) in [5.41, 5.74) is -6.64. The van der Waals surface area contributed by atoms with Gasteiger partial charge in [0.25, 0.3) is 11.1 Å². The molecule has 4 aromatic rings. The Morgan fingerprint density at radius 3 is 1.64 bits per heavy atom. The van der Waals surface area contributed by atoms with Crippen LogP contribution in [0.25, 0.3) is 11.4 Å². The second-order valence-electron chi connectivity index (χ2n) is 8.76. The number of terminal acetylenes is 1. The van der Waals surface area contributed by atoms with Crippen molar-refractivity contribution >= 4 is 23.2 Å². The summed E-state index contributed by atoms with van der Waals surface area (Å²) in [4.78, 5) is 23.6. The summed E-state index contributed by atoms with van der Waals surface area (Å²) in [5, 5.41) is 16.0. The maximum absolute atomic E-state index is 14.1. The molecule has 0 aliphatic rings. The van der Waals surface area contributed by atoms with E-state index in [2.05, 4.69) is 16.1 Å². The van der Waals surface area contributed by atoms with Gasteiger partial charge in [0.2, 0.25) is 0 Å². The molecule has 2 aromatic carbocycles. The number of aromatic hydroxyl groups is 1. The van der Waals surface area contributed by atoms with Crippen LogP contribution in [0.2, 0.25) is 10.0 Å². The molecule has 0 bridgehead atoms. The predicted octanol–water partition coefficient (Wildman–Crippen LogP) is 6.42. The molecule has 0 aliphatic carbocycles. The van der Waals surface area contributed by atoms with E-state index in [-0.39, 0.29) is 22.4 Å². The number of phenols is 1. The maximum atomic E-state index is 14.1. The predicted molar refractivity (Wildman–Crippen MR) is 145 cm³/mol. The van der Waals surface area contributed by atoms with Crippen molar-refractivity contribution in [2.45, 2.75) is 26.2 Å². The lowest BCUT2D eigenvalue weighted by Gasteiger charge is -2.13. The summed E-state index contributed by atoms with van der Waals surface area (Å²) in [7, 11) is 0. The minimum absolute atomic E-state index is 0.0303. The highest BCUT2D eigenvalue weighted by Gasteiger charge is 2.35. The van der Waals surface area contributed by atoms with Crippen molar-refractivity contribution < 1.29 is 45.0 Å². The van der Waals surface area contributed by atoms with Gasteiger partial charge in [0.05, 0.1) is 32.6 Å². The van der Waals surface area contributed by atoms with Crippen LogP contribution in [0.15, 0.2) is 46.0 Å². The number of ether oxygens (including phenoxy) is 1. The first-order valence-electron chi connectivity index (χ1n) is 11.9. The van der Waals surface area contributed by atoms with Crippen molar-refractivity contribution in [3.05, 3.63) is 101 Å².